The topological polar surface area (TPSA) is 47.8 Å². The van der Waals surface area contributed by atoms with Gasteiger partial charge in [-0.2, -0.15) is 4.68 Å². The minimum Gasteiger partial charge on any atom is -0.273 e. The largest absolute Gasteiger partial charge is 0.273 e. The normalized spacial score (nSPS) is 11.5. The Morgan fingerprint density at radius 3 is 2.57 bits per heavy atom. The van der Waals surface area contributed by atoms with Gasteiger partial charge in [0.1, 0.15) is 5.52 Å². The van der Waals surface area contributed by atoms with Gasteiger partial charge in [0.25, 0.3) is 0 Å². The van der Waals surface area contributed by atoms with E-state index in [1.165, 1.54) is 36.8 Å². The van der Waals surface area contributed by atoms with E-state index in [-0.39, 0.29) is 5.91 Å². The Balaban J connectivity index is 1.63. The van der Waals surface area contributed by atoms with Crippen LogP contribution in [0.25, 0.3) is 11.0 Å². The predicted molar refractivity (Wildman–Crippen MR) is 94.5 cm³/mol. The highest BCUT2D eigenvalue weighted by molar-refractivity contribution is 5.88. The summed E-state index contributed by atoms with van der Waals surface area (Å²) in [4.78, 5) is 12.2. The number of carbonyl (C=O) groups excluding carboxylic acids is 1. The molecule has 23 heavy (non-hydrogen) atoms. The van der Waals surface area contributed by atoms with Gasteiger partial charge < -0.3 is 0 Å². The van der Waals surface area contributed by atoms with Gasteiger partial charge in [0.15, 0.2) is 0 Å². The molecule has 0 N–H and O–H groups in total. The molecule has 1 aromatic heterocycles. The van der Waals surface area contributed by atoms with Gasteiger partial charge in [0.2, 0.25) is 5.91 Å². The molecule has 4 nitrogen and oxygen atoms in total. The van der Waals surface area contributed by atoms with Crippen molar-refractivity contribution in [1.82, 2.24) is 15.0 Å². The van der Waals surface area contributed by atoms with E-state index in [9.17, 15) is 4.79 Å². The third-order valence-electron chi connectivity index (χ3n) is 3.99. The van der Waals surface area contributed by atoms with E-state index in [0.29, 0.717) is 6.42 Å². The lowest BCUT2D eigenvalue weighted by atomic mass is 10.1. The van der Waals surface area contributed by atoms with Crippen molar-refractivity contribution >= 4 is 16.9 Å². The molecule has 0 aliphatic rings. The number of rotatable bonds is 10. The molecule has 0 spiro atoms. The monoisotopic (exact) mass is 313 g/mol. The fourth-order valence-corrected chi connectivity index (χ4v) is 2.62. The predicted octanol–water partition coefficient (Wildman–Crippen LogP) is 5.16. The molecular formula is C19H27N3O. The molecule has 0 bridgehead atoms. The van der Waals surface area contributed by atoms with Crippen LogP contribution in [0.5, 0.6) is 0 Å². The zero-order valence-electron chi connectivity index (χ0n) is 14.1. The molecule has 0 saturated carbocycles. The number of benzene rings is 1. The molecule has 0 saturated heterocycles. The van der Waals surface area contributed by atoms with Crippen LogP contribution in [0.4, 0.5) is 0 Å². The molecule has 2 rings (SSSR count). The first-order chi connectivity index (χ1) is 11.3. The summed E-state index contributed by atoms with van der Waals surface area (Å²) in [6.45, 7) is 2.24. The van der Waals surface area contributed by atoms with Crippen molar-refractivity contribution < 1.29 is 4.79 Å². The van der Waals surface area contributed by atoms with E-state index in [0.717, 1.165) is 30.3 Å². The Morgan fingerprint density at radius 2 is 1.78 bits per heavy atom. The Hall–Kier alpha value is -1.97. The van der Waals surface area contributed by atoms with Crippen molar-refractivity contribution in [3.05, 3.63) is 36.4 Å². The number of aromatic nitrogens is 3. The van der Waals surface area contributed by atoms with Gasteiger partial charge in [-0.1, -0.05) is 55.7 Å². The zero-order chi connectivity index (χ0) is 16.3. The molecule has 0 atom stereocenters. The summed E-state index contributed by atoms with van der Waals surface area (Å²) >= 11 is 0. The Labute approximate surface area is 138 Å². The molecule has 0 amide bonds. The minimum atomic E-state index is 0.0299. The van der Waals surface area contributed by atoms with Crippen LogP contribution in [-0.4, -0.2) is 20.9 Å². The number of unbranched alkanes of at least 4 members (excludes halogenated alkanes) is 6. The van der Waals surface area contributed by atoms with Gasteiger partial charge >= 0.3 is 0 Å². The molecule has 1 heterocycles. The van der Waals surface area contributed by atoms with Crippen molar-refractivity contribution in [2.75, 3.05) is 0 Å². The van der Waals surface area contributed by atoms with Crippen LogP contribution in [-0.2, 0) is 0 Å². The summed E-state index contributed by atoms with van der Waals surface area (Å²) in [5.41, 5.74) is 1.57. The summed E-state index contributed by atoms with van der Waals surface area (Å²) in [7, 11) is 0. The van der Waals surface area contributed by atoms with E-state index in [4.69, 9.17) is 0 Å². The highest BCUT2D eigenvalue weighted by atomic mass is 16.2. The highest BCUT2D eigenvalue weighted by Gasteiger charge is 2.10. The van der Waals surface area contributed by atoms with Gasteiger partial charge in [-0.15, -0.1) is 5.10 Å². The highest BCUT2D eigenvalue weighted by Crippen LogP contribution is 2.12. The van der Waals surface area contributed by atoms with Crippen LogP contribution >= 0.6 is 0 Å². The van der Waals surface area contributed by atoms with Crippen LogP contribution in [0.1, 0.15) is 69.5 Å². The molecule has 0 aliphatic carbocycles. The van der Waals surface area contributed by atoms with Crippen molar-refractivity contribution in [2.24, 2.45) is 0 Å². The molecule has 1 aromatic carbocycles. The van der Waals surface area contributed by atoms with E-state index < -0.39 is 0 Å². The van der Waals surface area contributed by atoms with Gasteiger partial charge in [0, 0.05) is 6.42 Å². The second-order valence-corrected chi connectivity index (χ2v) is 5.95. The SMILES string of the molecule is CCCCCC/C=C/CCCCC(=O)n1nnc2ccccc21. The fraction of sp³-hybridized carbons (Fsp3) is 0.526. The molecule has 2 aromatic rings. The fourth-order valence-electron chi connectivity index (χ4n) is 2.62. The molecule has 124 valence electrons. The number of hydrogen-bond donors (Lipinski definition) is 0. The first-order valence-electron chi connectivity index (χ1n) is 8.81. The maximum absolute atomic E-state index is 12.2. The Morgan fingerprint density at radius 1 is 1.04 bits per heavy atom. The number of allylic oxidation sites excluding steroid dienone is 2. The van der Waals surface area contributed by atoms with Gasteiger partial charge in [-0.3, -0.25) is 4.79 Å². The summed E-state index contributed by atoms with van der Waals surface area (Å²) in [6, 6.07) is 7.56. The van der Waals surface area contributed by atoms with Crippen LogP contribution in [0.15, 0.2) is 36.4 Å². The number of fused-ring (bicyclic) bond motifs is 1. The van der Waals surface area contributed by atoms with Gasteiger partial charge in [0.05, 0.1) is 5.52 Å². The van der Waals surface area contributed by atoms with Crippen LogP contribution < -0.4 is 0 Å². The number of para-hydroxylation sites is 1. The van der Waals surface area contributed by atoms with E-state index >= 15 is 0 Å². The Kier molecular flexibility index (Phi) is 7.50. The quantitative estimate of drug-likeness (QED) is 0.449. The number of nitrogens with zero attached hydrogens (tertiary/aromatic N) is 3. The van der Waals surface area contributed by atoms with E-state index in [1.807, 2.05) is 24.3 Å². The summed E-state index contributed by atoms with van der Waals surface area (Å²) in [5, 5.41) is 7.98. The summed E-state index contributed by atoms with van der Waals surface area (Å²) in [5.74, 6) is 0.0299. The number of carbonyl (C=O) groups is 1. The first-order valence-corrected chi connectivity index (χ1v) is 8.81. The van der Waals surface area contributed by atoms with Crippen LogP contribution in [0, 0.1) is 0 Å². The van der Waals surface area contributed by atoms with Crippen LogP contribution in [0.3, 0.4) is 0 Å². The zero-order valence-corrected chi connectivity index (χ0v) is 14.1. The standard InChI is InChI=1S/C19H27N3O/c1-2-3-4-5-6-7-8-9-10-11-16-19(23)22-18-15-13-12-14-17(18)20-21-22/h7-8,12-15H,2-6,9-11,16H2,1H3/b8-7+. The van der Waals surface area contributed by atoms with E-state index in [1.54, 1.807) is 0 Å². The molecule has 0 fully saturated rings. The lowest BCUT2D eigenvalue weighted by molar-refractivity contribution is 0.0886. The second kappa shape index (κ2) is 9.93. The molecule has 0 radical (unpaired) electrons. The lowest BCUT2D eigenvalue weighted by Crippen LogP contribution is -2.11. The van der Waals surface area contributed by atoms with Gasteiger partial charge in [-0.25, -0.2) is 0 Å². The molecule has 4 heteroatoms. The van der Waals surface area contributed by atoms with Crippen molar-refractivity contribution in [1.29, 1.82) is 0 Å². The summed E-state index contributed by atoms with van der Waals surface area (Å²) in [6.07, 6.45) is 14.5. The van der Waals surface area contributed by atoms with Crippen molar-refractivity contribution in [3.8, 4) is 0 Å². The van der Waals surface area contributed by atoms with E-state index in [2.05, 4.69) is 29.4 Å². The third kappa shape index (κ3) is 5.62. The molecular weight excluding hydrogens is 286 g/mol. The average molecular weight is 313 g/mol. The number of hydrogen-bond acceptors (Lipinski definition) is 3. The first kappa shape index (κ1) is 17.4. The summed E-state index contributed by atoms with van der Waals surface area (Å²) < 4.78 is 1.43. The average Bonchev–Trinajstić information content (AvgIpc) is 3.00. The van der Waals surface area contributed by atoms with Crippen LogP contribution in [0.2, 0.25) is 0 Å². The molecule has 0 unspecified atom stereocenters. The smallest absolute Gasteiger partial charge is 0.248 e. The molecule has 0 aliphatic heterocycles. The minimum absolute atomic E-state index is 0.0299. The second-order valence-electron chi connectivity index (χ2n) is 5.95. The maximum Gasteiger partial charge on any atom is 0.248 e. The van der Waals surface area contributed by atoms with Crippen molar-refractivity contribution in [2.45, 2.75) is 64.7 Å². The third-order valence-corrected chi connectivity index (χ3v) is 3.99. The van der Waals surface area contributed by atoms with Gasteiger partial charge in [-0.05, 0) is 44.2 Å². The Bertz CT molecular complexity index is 630. The maximum atomic E-state index is 12.2. The lowest BCUT2D eigenvalue weighted by Gasteiger charge is -2.00. The van der Waals surface area contributed by atoms with Crippen molar-refractivity contribution in [3.63, 3.8) is 0 Å².